The molecule has 12 heteroatoms. The number of thiazole rings is 1. The second-order valence-electron chi connectivity index (χ2n) is 7.86. The van der Waals surface area contributed by atoms with E-state index in [2.05, 4.69) is 20.3 Å². The summed E-state index contributed by atoms with van der Waals surface area (Å²) in [6, 6.07) is 12.8. The van der Waals surface area contributed by atoms with Crippen molar-refractivity contribution >= 4 is 28.8 Å². The number of carbonyl (C=O) groups is 1. The molecule has 1 aromatic carbocycles. The fraction of sp³-hybridized carbons (Fsp3) is 0.318. The standard InChI is InChI=1S/C22H19F3N6O2S/c23-22(24,25)21-28-27-17-6-7-18(29-31(17)21)30-10-8-15(9-11-30)20(32)33-12-16-13-34-19(26-16)14-4-2-1-3-5-14/h1-7,13,15H,8-12H2. The fourth-order valence-electron chi connectivity index (χ4n) is 3.82. The summed E-state index contributed by atoms with van der Waals surface area (Å²) in [5.41, 5.74) is 1.73. The Morgan fingerprint density at radius 3 is 2.59 bits per heavy atom. The van der Waals surface area contributed by atoms with Gasteiger partial charge in [-0.15, -0.1) is 26.6 Å². The van der Waals surface area contributed by atoms with Gasteiger partial charge in [0, 0.05) is 24.0 Å². The van der Waals surface area contributed by atoms with Crippen LogP contribution in [0.15, 0.2) is 47.8 Å². The molecule has 0 atom stereocenters. The van der Waals surface area contributed by atoms with Crippen LogP contribution in [0, 0.1) is 5.92 Å². The molecule has 4 aromatic rings. The summed E-state index contributed by atoms with van der Waals surface area (Å²) < 4.78 is 45.5. The highest BCUT2D eigenvalue weighted by Gasteiger charge is 2.38. The van der Waals surface area contributed by atoms with E-state index in [0.717, 1.165) is 10.6 Å². The Bertz CT molecular complexity index is 1300. The Morgan fingerprint density at radius 2 is 1.85 bits per heavy atom. The van der Waals surface area contributed by atoms with E-state index in [4.69, 9.17) is 4.74 Å². The number of aromatic nitrogens is 5. The monoisotopic (exact) mass is 488 g/mol. The third kappa shape index (κ3) is 4.58. The number of hydrogen-bond donors (Lipinski definition) is 0. The molecule has 0 aliphatic carbocycles. The molecular weight excluding hydrogens is 469 g/mol. The van der Waals surface area contributed by atoms with E-state index >= 15 is 0 Å². The Morgan fingerprint density at radius 1 is 1.09 bits per heavy atom. The molecule has 0 N–H and O–H groups in total. The molecule has 0 radical (unpaired) electrons. The molecule has 3 aromatic heterocycles. The molecule has 0 saturated carbocycles. The maximum Gasteiger partial charge on any atom is 0.453 e. The van der Waals surface area contributed by atoms with Crippen molar-refractivity contribution in [3.8, 4) is 10.6 Å². The molecule has 0 amide bonds. The van der Waals surface area contributed by atoms with Gasteiger partial charge in [0.15, 0.2) is 5.65 Å². The zero-order valence-corrected chi connectivity index (χ0v) is 18.6. The van der Waals surface area contributed by atoms with Gasteiger partial charge in [-0.05, 0) is 25.0 Å². The molecule has 0 spiro atoms. The highest BCUT2D eigenvalue weighted by Crippen LogP contribution is 2.29. The molecule has 0 bridgehead atoms. The number of halogens is 3. The average Bonchev–Trinajstić information content (AvgIpc) is 3.50. The summed E-state index contributed by atoms with van der Waals surface area (Å²) in [6.07, 6.45) is -3.63. The Hall–Kier alpha value is -3.54. The number of hydrogen-bond acceptors (Lipinski definition) is 8. The molecule has 1 aliphatic rings. The van der Waals surface area contributed by atoms with Crippen LogP contribution in [0.4, 0.5) is 19.0 Å². The van der Waals surface area contributed by atoms with Gasteiger partial charge in [0.05, 0.1) is 11.6 Å². The minimum atomic E-state index is -4.65. The maximum atomic E-state index is 13.1. The van der Waals surface area contributed by atoms with Gasteiger partial charge in [-0.1, -0.05) is 30.3 Å². The van der Waals surface area contributed by atoms with E-state index in [1.165, 1.54) is 17.4 Å². The van der Waals surface area contributed by atoms with Crippen LogP contribution in [0.5, 0.6) is 0 Å². The summed E-state index contributed by atoms with van der Waals surface area (Å²) in [6.45, 7) is 1.04. The van der Waals surface area contributed by atoms with Crippen molar-refractivity contribution in [2.24, 2.45) is 5.92 Å². The Balaban J connectivity index is 1.17. The van der Waals surface area contributed by atoms with Crippen LogP contribution in [-0.2, 0) is 22.3 Å². The SMILES string of the molecule is O=C(OCc1csc(-c2ccccc2)n1)C1CCN(c2ccc3nnc(C(F)(F)F)n3n2)CC1. The van der Waals surface area contributed by atoms with Crippen LogP contribution in [0.1, 0.15) is 24.4 Å². The van der Waals surface area contributed by atoms with Gasteiger partial charge in [-0.3, -0.25) is 4.79 Å². The van der Waals surface area contributed by atoms with Crippen molar-refractivity contribution < 1.29 is 22.7 Å². The molecule has 1 fully saturated rings. The predicted octanol–water partition coefficient (Wildman–Crippen LogP) is 4.23. The average molecular weight is 488 g/mol. The minimum absolute atomic E-state index is 0.0204. The molecular formula is C22H19F3N6O2S. The van der Waals surface area contributed by atoms with Gasteiger partial charge in [-0.25, -0.2) is 4.98 Å². The molecule has 34 heavy (non-hydrogen) atoms. The van der Waals surface area contributed by atoms with Gasteiger partial charge < -0.3 is 9.64 Å². The topological polar surface area (TPSA) is 85.5 Å². The van der Waals surface area contributed by atoms with E-state index in [-0.39, 0.29) is 24.1 Å². The number of rotatable bonds is 5. The number of carbonyl (C=O) groups excluding carboxylic acids is 1. The molecule has 176 valence electrons. The lowest BCUT2D eigenvalue weighted by Crippen LogP contribution is -2.37. The van der Waals surface area contributed by atoms with Crippen LogP contribution in [0.3, 0.4) is 0 Å². The van der Waals surface area contributed by atoms with E-state index in [1.54, 1.807) is 6.07 Å². The van der Waals surface area contributed by atoms with Gasteiger partial charge in [0.1, 0.15) is 17.4 Å². The van der Waals surface area contributed by atoms with Crippen LogP contribution in [0.2, 0.25) is 0 Å². The number of esters is 1. The first-order valence-electron chi connectivity index (χ1n) is 10.6. The van der Waals surface area contributed by atoms with Crippen molar-refractivity contribution in [1.82, 2.24) is 24.8 Å². The van der Waals surface area contributed by atoms with Crippen molar-refractivity contribution in [1.29, 1.82) is 0 Å². The maximum absolute atomic E-state index is 13.1. The largest absolute Gasteiger partial charge is 0.459 e. The van der Waals surface area contributed by atoms with Gasteiger partial charge in [0.25, 0.3) is 5.82 Å². The number of ether oxygens (including phenoxy) is 1. The van der Waals surface area contributed by atoms with E-state index in [1.807, 2.05) is 40.6 Å². The summed E-state index contributed by atoms with van der Waals surface area (Å²) in [5.74, 6) is -1.37. The second kappa shape index (κ2) is 9.01. The van der Waals surface area contributed by atoms with Crippen LogP contribution < -0.4 is 4.90 Å². The van der Waals surface area contributed by atoms with Gasteiger partial charge >= 0.3 is 12.1 Å². The lowest BCUT2D eigenvalue weighted by molar-refractivity contribution is -0.150. The summed E-state index contributed by atoms with van der Waals surface area (Å²) in [5, 5.41) is 13.5. The number of piperidine rings is 1. The Labute approximate surface area is 196 Å². The number of anilines is 1. The van der Waals surface area contributed by atoms with Gasteiger partial charge in [-0.2, -0.15) is 17.7 Å². The minimum Gasteiger partial charge on any atom is -0.459 e. The lowest BCUT2D eigenvalue weighted by Gasteiger charge is -2.31. The molecule has 8 nitrogen and oxygen atoms in total. The third-order valence-corrected chi connectivity index (χ3v) is 6.53. The summed E-state index contributed by atoms with van der Waals surface area (Å²) >= 11 is 1.49. The van der Waals surface area contributed by atoms with Crippen LogP contribution in [0.25, 0.3) is 16.2 Å². The van der Waals surface area contributed by atoms with Crippen molar-refractivity contribution in [3.63, 3.8) is 0 Å². The molecule has 0 unspecified atom stereocenters. The van der Waals surface area contributed by atoms with Crippen LogP contribution in [-0.4, -0.2) is 43.9 Å². The first kappa shape index (κ1) is 22.3. The fourth-order valence-corrected chi connectivity index (χ4v) is 4.63. The predicted molar refractivity (Wildman–Crippen MR) is 118 cm³/mol. The van der Waals surface area contributed by atoms with Gasteiger partial charge in [0.2, 0.25) is 0 Å². The third-order valence-electron chi connectivity index (χ3n) is 5.59. The summed E-state index contributed by atoms with van der Waals surface area (Å²) in [4.78, 5) is 18.9. The van der Waals surface area contributed by atoms with Crippen molar-refractivity contribution in [2.45, 2.75) is 25.6 Å². The van der Waals surface area contributed by atoms with E-state index in [9.17, 15) is 18.0 Å². The number of benzene rings is 1. The highest BCUT2D eigenvalue weighted by atomic mass is 32.1. The number of fused-ring (bicyclic) bond motifs is 1. The first-order chi connectivity index (χ1) is 16.4. The normalized spacial score (nSPS) is 15.1. The molecule has 4 heterocycles. The summed E-state index contributed by atoms with van der Waals surface area (Å²) in [7, 11) is 0. The number of alkyl halides is 3. The number of nitrogens with zero attached hydrogens (tertiary/aromatic N) is 6. The smallest absolute Gasteiger partial charge is 0.453 e. The lowest BCUT2D eigenvalue weighted by atomic mass is 9.97. The van der Waals surface area contributed by atoms with Crippen molar-refractivity contribution in [3.05, 3.63) is 59.4 Å². The van der Waals surface area contributed by atoms with Crippen molar-refractivity contribution in [2.75, 3.05) is 18.0 Å². The molecule has 5 rings (SSSR count). The Kier molecular flexibility index (Phi) is 5.90. The first-order valence-corrected chi connectivity index (χ1v) is 11.5. The highest BCUT2D eigenvalue weighted by molar-refractivity contribution is 7.13. The molecule has 1 saturated heterocycles. The zero-order chi connectivity index (χ0) is 23.7. The van der Waals surface area contributed by atoms with E-state index in [0.29, 0.717) is 42.0 Å². The quantitative estimate of drug-likeness (QED) is 0.389. The van der Waals surface area contributed by atoms with E-state index < -0.39 is 12.0 Å². The molecule has 1 aliphatic heterocycles. The van der Waals surface area contributed by atoms with Crippen LogP contribution >= 0.6 is 11.3 Å². The second-order valence-corrected chi connectivity index (χ2v) is 8.72. The zero-order valence-electron chi connectivity index (χ0n) is 17.8.